The maximum Gasteiger partial charge on any atom is 0.315 e. The molecular weight excluding hydrogens is 328 g/mol. The van der Waals surface area contributed by atoms with Crippen LogP contribution in [-0.4, -0.2) is 30.7 Å². The fraction of sp³-hybridized carbons (Fsp3) is 0.905. The normalized spacial score (nSPS) is 31.7. The molecule has 2 N–H and O–H groups in total. The van der Waals surface area contributed by atoms with Crippen LogP contribution in [0.25, 0.3) is 0 Å². The van der Waals surface area contributed by atoms with E-state index in [0.29, 0.717) is 13.0 Å². The third-order valence-corrected chi connectivity index (χ3v) is 6.57. The minimum Gasteiger partial charge on any atom is -0.466 e. The summed E-state index contributed by atoms with van der Waals surface area (Å²) in [6.45, 7) is 3.05. The summed E-state index contributed by atoms with van der Waals surface area (Å²) in [5.74, 6) is 2.49. The first-order chi connectivity index (χ1) is 12.6. The van der Waals surface area contributed by atoms with Gasteiger partial charge in [0.15, 0.2) is 0 Å². The van der Waals surface area contributed by atoms with Gasteiger partial charge >= 0.3 is 12.0 Å². The number of amides is 2. The SMILES string of the molecule is CCOC(=O)CCCCCCCNC(=O)NC12CC3CC(CC(C3)C1)C2. The summed E-state index contributed by atoms with van der Waals surface area (Å²) in [6, 6.07) is 0.0364. The topological polar surface area (TPSA) is 67.4 Å². The minimum atomic E-state index is -0.0875. The molecule has 4 bridgehead atoms. The van der Waals surface area contributed by atoms with Gasteiger partial charge in [-0.05, 0) is 76.0 Å². The summed E-state index contributed by atoms with van der Waals surface area (Å²) >= 11 is 0. The fourth-order valence-electron chi connectivity index (χ4n) is 5.91. The second kappa shape index (κ2) is 9.09. The summed E-state index contributed by atoms with van der Waals surface area (Å²) < 4.78 is 4.92. The molecule has 0 aromatic heterocycles. The lowest BCUT2D eigenvalue weighted by Crippen LogP contribution is -2.61. The van der Waals surface area contributed by atoms with Crippen molar-refractivity contribution >= 4 is 12.0 Å². The number of nitrogens with one attached hydrogen (secondary N) is 2. The van der Waals surface area contributed by atoms with Crippen LogP contribution < -0.4 is 10.6 Å². The molecule has 26 heavy (non-hydrogen) atoms. The van der Waals surface area contributed by atoms with E-state index >= 15 is 0 Å². The van der Waals surface area contributed by atoms with Crippen molar-refractivity contribution < 1.29 is 14.3 Å². The lowest BCUT2D eigenvalue weighted by Gasteiger charge is -2.56. The van der Waals surface area contributed by atoms with Crippen molar-refractivity contribution in [2.45, 2.75) is 89.5 Å². The molecule has 5 heteroatoms. The Morgan fingerprint density at radius 2 is 1.50 bits per heavy atom. The summed E-state index contributed by atoms with van der Waals surface area (Å²) in [5.41, 5.74) is 0.103. The highest BCUT2D eigenvalue weighted by Gasteiger charge is 2.51. The van der Waals surface area contributed by atoms with E-state index in [9.17, 15) is 9.59 Å². The van der Waals surface area contributed by atoms with Crippen molar-refractivity contribution in [3.8, 4) is 0 Å². The number of esters is 1. The van der Waals surface area contributed by atoms with Crippen LogP contribution in [0.5, 0.6) is 0 Å². The smallest absolute Gasteiger partial charge is 0.315 e. The highest BCUT2D eigenvalue weighted by molar-refractivity contribution is 5.74. The first-order valence-corrected chi connectivity index (χ1v) is 10.8. The molecule has 4 rings (SSSR count). The number of carbonyl (C=O) groups excluding carboxylic acids is 2. The predicted molar refractivity (Wildman–Crippen MR) is 102 cm³/mol. The lowest BCUT2D eigenvalue weighted by atomic mass is 9.53. The van der Waals surface area contributed by atoms with E-state index in [2.05, 4.69) is 10.6 Å². The van der Waals surface area contributed by atoms with Crippen molar-refractivity contribution in [3.05, 3.63) is 0 Å². The van der Waals surface area contributed by atoms with Crippen LogP contribution >= 0.6 is 0 Å². The Hall–Kier alpha value is -1.26. The fourth-order valence-corrected chi connectivity index (χ4v) is 5.91. The first kappa shape index (κ1) is 19.5. The molecule has 0 spiro atoms. The number of rotatable bonds is 10. The van der Waals surface area contributed by atoms with Gasteiger partial charge in [0.25, 0.3) is 0 Å². The van der Waals surface area contributed by atoms with Gasteiger partial charge in [-0.1, -0.05) is 19.3 Å². The molecule has 2 amide bonds. The van der Waals surface area contributed by atoms with Gasteiger partial charge in [0, 0.05) is 18.5 Å². The summed E-state index contributed by atoms with van der Waals surface area (Å²) in [5, 5.41) is 6.42. The molecule has 4 aliphatic carbocycles. The van der Waals surface area contributed by atoms with Gasteiger partial charge in [-0.25, -0.2) is 4.79 Å². The molecule has 0 aromatic rings. The molecule has 0 radical (unpaired) electrons. The van der Waals surface area contributed by atoms with E-state index < -0.39 is 0 Å². The number of urea groups is 1. The Kier molecular flexibility index (Phi) is 6.82. The van der Waals surface area contributed by atoms with E-state index in [1.54, 1.807) is 0 Å². The molecule has 0 aromatic carbocycles. The van der Waals surface area contributed by atoms with Crippen LogP contribution in [0.1, 0.15) is 84.0 Å². The standard InChI is InChI=1S/C21H36N2O3/c1-2-26-19(24)8-6-4-3-5-7-9-22-20(25)23-21-13-16-10-17(14-21)12-18(11-16)15-21/h16-18H,2-15H2,1H3,(H2,22,23,25). The Bertz CT molecular complexity index is 456. The summed E-state index contributed by atoms with van der Waals surface area (Å²) in [6.07, 6.45) is 13.5. The van der Waals surface area contributed by atoms with E-state index in [4.69, 9.17) is 4.74 Å². The van der Waals surface area contributed by atoms with Gasteiger partial charge in [0.05, 0.1) is 6.61 Å². The van der Waals surface area contributed by atoms with Crippen molar-refractivity contribution in [1.82, 2.24) is 10.6 Å². The van der Waals surface area contributed by atoms with Crippen LogP contribution in [0.4, 0.5) is 4.79 Å². The third kappa shape index (κ3) is 5.37. The monoisotopic (exact) mass is 364 g/mol. The third-order valence-electron chi connectivity index (χ3n) is 6.57. The second-order valence-corrected chi connectivity index (χ2v) is 8.90. The van der Waals surface area contributed by atoms with Crippen LogP contribution in [0.3, 0.4) is 0 Å². The number of hydrogen-bond donors (Lipinski definition) is 2. The molecule has 0 heterocycles. The molecule has 4 saturated carbocycles. The Labute approximate surface area is 158 Å². The summed E-state index contributed by atoms with van der Waals surface area (Å²) in [4.78, 5) is 23.6. The first-order valence-electron chi connectivity index (χ1n) is 10.8. The second-order valence-electron chi connectivity index (χ2n) is 8.90. The number of hydrogen-bond acceptors (Lipinski definition) is 3. The van der Waals surface area contributed by atoms with E-state index in [-0.39, 0.29) is 17.5 Å². The van der Waals surface area contributed by atoms with Crippen molar-refractivity contribution in [2.75, 3.05) is 13.2 Å². The van der Waals surface area contributed by atoms with Crippen LogP contribution in [0.2, 0.25) is 0 Å². The molecule has 5 nitrogen and oxygen atoms in total. The van der Waals surface area contributed by atoms with Crippen molar-refractivity contribution in [1.29, 1.82) is 0 Å². The molecule has 4 fully saturated rings. The maximum absolute atomic E-state index is 12.3. The van der Waals surface area contributed by atoms with Crippen molar-refractivity contribution in [2.24, 2.45) is 17.8 Å². The number of carbonyl (C=O) groups is 2. The maximum atomic E-state index is 12.3. The zero-order chi connectivity index (χ0) is 18.4. The van der Waals surface area contributed by atoms with Gasteiger partial charge in [0.2, 0.25) is 0 Å². The van der Waals surface area contributed by atoms with Crippen molar-refractivity contribution in [3.63, 3.8) is 0 Å². The van der Waals surface area contributed by atoms with Crippen LogP contribution in [0.15, 0.2) is 0 Å². The molecule has 0 aliphatic heterocycles. The minimum absolute atomic E-state index is 0.0364. The predicted octanol–water partition coefficient (Wildman–Crippen LogP) is 4.16. The average molecular weight is 365 g/mol. The van der Waals surface area contributed by atoms with Gasteiger partial charge < -0.3 is 15.4 Å². The Morgan fingerprint density at radius 3 is 2.12 bits per heavy atom. The zero-order valence-electron chi connectivity index (χ0n) is 16.4. The molecular formula is C21H36N2O3. The van der Waals surface area contributed by atoms with Gasteiger partial charge in [-0.15, -0.1) is 0 Å². The Balaban J connectivity index is 1.22. The van der Waals surface area contributed by atoms with Gasteiger partial charge in [-0.3, -0.25) is 4.79 Å². The number of unbranched alkanes of at least 4 members (excludes halogenated alkanes) is 4. The highest BCUT2D eigenvalue weighted by Crippen LogP contribution is 2.55. The summed E-state index contributed by atoms with van der Waals surface area (Å²) in [7, 11) is 0. The molecule has 4 aliphatic rings. The highest BCUT2D eigenvalue weighted by atomic mass is 16.5. The Morgan fingerprint density at radius 1 is 0.923 bits per heavy atom. The van der Waals surface area contributed by atoms with Gasteiger partial charge in [0.1, 0.15) is 0 Å². The number of ether oxygens (including phenoxy) is 1. The molecule has 0 atom stereocenters. The van der Waals surface area contributed by atoms with Crippen LogP contribution in [-0.2, 0) is 9.53 Å². The molecule has 0 unspecified atom stereocenters. The largest absolute Gasteiger partial charge is 0.466 e. The van der Waals surface area contributed by atoms with E-state index in [0.717, 1.165) is 56.4 Å². The quantitative estimate of drug-likeness (QED) is 0.452. The van der Waals surface area contributed by atoms with E-state index in [1.165, 1.54) is 38.5 Å². The molecule has 0 saturated heterocycles. The molecule has 148 valence electrons. The zero-order valence-corrected chi connectivity index (χ0v) is 16.4. The average Bonchev–Trinajstić information content (AvgIpc) is 2.55. The van der Waals surface area contributed by atoms with Gasteiger partial charge in [-0.2, -0.15) is 0 Å². The lowest BCUT2D eigenvalue weighted by molar-refractivity contribution is -0.143. The van der Waals surface area contributed by atoms with E-state index in [1.807, 2.05) is 6.92 Å². The van der Waals surface area contributed by atoms with Crippen LogP contribution in [0, 0.1) is 17.8 Å².